The number of hydrogen-bond acceptors (Lipinski definition) is 2. The van der Waals surface area contributed by atoms with Gasteiger partial charge in [0.25, 0.3) is 0 Å². The maximum atomic E-state index is 7.10. The summed E-state index contributed by atoms with van der Waals surface area (Å²) in [5, 5.41) is 14.1. The van der Waals surface area contributed by atoms with E-state index in [4.69, 9.17) is 10.8 Å². The monoisotopic (exact) mass is 136 g/mol. The lowest BCUT2D eigenvalue weighted by molar-refractivity contribution is 1.28. The number of nitrogens with one attached hydrogen (secondary N) is 2. The summed E-state index contributed by atoms with van der Waals surface area (Å²) in [6.07, 6.45) is 2.29. The normalized spacial score (nSPS) is 17.5. The van der Waals surface area contributed by atoms with Gasteiger partial charge in [-0.1, -0.05) is 6.92 Å². The van der Waals surface area contributed by atoms with Crippen LogP contribution in [-0.4, -0.2) is 23.6 Å². The Morgan fingerprint density at radius 3 is 2.60 bits per heavy atom. The van der Waals surface area contributed by atoms with E-state index in [1.807, 2.05) is 6.92 Å². The van der Waals surface area contributed by atoms with E-state index in [0.29, 0.717) is 0 Å². The predicted octanol–water partition coefficient (Wildman–Crippen LogP) is 0.876. The van der Waals surface area contributed by atoms with Crippen LogP contribution in [0.1, 0.15) is 13.3 Å². The van der Waals surface area contributed by atoms with E-state index in [1.165, 1.54) is 6.21 Å². The van der Waals surface area contributed by atoms with Gasteiger partial charge in [0.1, 0.15) is 0 Å². The van der Waals surface area contributed by atoms with Crippen molar-refractivity contribution in [1.29, 1.82) is 10.8 Å². The van der Waals surface area contributed by atoms with Crippen LogP contribution >= 0.6 is 0 Å². The van der Waals surface area contributed by atoms with Gasteiger partial charge in [0.2, 0.25) is 0 Å². The Labute approximate surface area is 58.7 Å². The van der Waals surface area contributed by atoms with E-state index in [-0.39, 0.29) is 11.7 Å². The Bertz CT molecular complexity index is 236. The molecule has 0 aromatic rings. The fourth-order valence-electron chi connectivity index (χ4n) is 0.596. The zero-order chi connectivity index (χ0) is 7.56. The Kier molecular flexibility index (Phi) is 1.71. The molecule has 0 aromatic heterocycles. The third-order valence-corrected chi connectivity index (χ3v) is 1.18. The third-order valence-electron chi connectivity index (χ3n) is 1.18. The molecule has 1 aliphatic heterocycles. The van der Waals surface area contributed by atoms with Crippen molar-refractivity contribution in [3.63, 3.8) is 0 Å². The highest BCUT2D eigenvalue weighted by atomic mass is 15.0. The summed E-state index contributed by atoms with van der Waals surface area (Å²) in [6.45, 7) is 1.94. The lowest BCUT2D eigenvalue weighted by atomic mass is 10.3. The molecule has 0 radical (unpaired) electrons. The first-order chi connectivity index (χ1) is 4.74. The molecule has 0 aliphatic carbocycles. The second-order valence-corrected chi connectivity index (χ2v) is 1.91. The summed E-state index contributed by atoms with van der Waals surface area (Å²) in [5.41, 5.74) is 0.765. The van der Waals surface area contributed by atoms with Gasteiger partial charge in [-0.05, 0) is 6.42 Å². The number of hydrogen-bond donors (Lipinski definition) is 2. The number of nitrogens with zero attached hydrogens (tertiary/aromatic N) is 2. The molecule has 1 aliphatic rings. The van der Waals surface area contributed by atoms with E-state index in [1.54, 1.807) is 0 Å². The van der Waals surface area contributed by atoms with E-state index in [2.05, 4.69) is 9.98 Å². The molecule has 0 bridgehead atoms. The number of aliphatic imine (C=N–C) groups is 2. The van der Waals surface area contributed by atoms with Gasteiger partial charge in [-0.15, -0.1) is 0 Å². The summed E-state index contributed by atoms with van der Waals surface area (Å²) in [7, 11) is 0. The molecule has 4 heteroatoms. The second kappa shape index (κ2) is 2.51. The zero-order valence-electron chi connectivity index (χ0n) is 5.68. The molecule has 0 saturated heterocycles. The Morgan fingerprint density at radius 2 is 2.10 bits per heavy atom. The Hall–Kier alpha value is -1.32. The molecule has 0 saturated carbocycles. The topological polar surface area (TPSA) is 72.4 Å². The number of rotatable bonds is 1. The van der Waals surface area contributed by atoms with Gasteiger partial charge in [-0.2, -0.15) is 0 Å². The van der Waals surface area contributed by atoms with Gasteiger partial charge >= 0.3 is 0 Å². The van der Waals surface area contributed by atoms with Crippen LogP contribution in [0, 0.1) is 10.8 Å². The lowest BCUT2D eigenvalue weighted by Crippen LogP contribution is -2.16. The van der Waals surface area contributed by atoms with Gasteiger partial charge in [0.05, 0.1) is 11.9 Å². The van der Waals surface area contributed by atoms with Gasteiger partial charge in [-0.3, -0.25) is 10.8 Å². The van der Waals surface area contributed by atoms with E-state index in [0.717, 1.165) is 12.1 Å². The fourth-order valence-corrected chi connectivity index (χ4v) is 0.596. The Balaban J connectivity index is 2.86. The van der Waals surface area contributed by atoms with Crippen molar-refractivity contribution in [3.8, 4) is 0 Å². The first kappa shape index (κ1) is 6.80. The highest BCUT2D eigenvalue weighted by Crippen LogP contribution is 1.94. The predicted molar refractivity (Wildman–Crippen MR) is 41.7 cm³/mol. The summed E-state index contributed by atoms with van der Waals surface area (Å²) in [6, 6.07) is 0. The van der Waals surface area contributed by atoms with Crippen molar-refractivity contribution < 1.29 is 0 Å². The zero-order valence-corrected chi connectivity index (χ0v) is 5.68. The van der Waals surface area contributed by atoms with Crippen LogP contribution in [-0.2, 0) is 0 Å². The molecule has 0 aromatic carbocycles. The maximum absolute atomic E-state index is 7.10. The van der Waals surface area contributed by atoms with Crippen LogP contribution in [0.4, 0.5) is 0 Å². The van der Waals surface area contributed by atoms with Crippen molar-refractivity contribution in [2.75, 3.05) is 0 Å². The average molecular weight is 136 g/mol. The molecule has 0 amide bonds. The first-order valence-electron chi connectivity index (χ1n) is 3.03. The molecule has 2 N–H and O–H groups in total. The molecule has 1 heterocycles. The molecule has 1 rings (SSSR count). The van der Waals surface area contributed by atoms with Crippen molar-refractivity contribution in [1.82, 2.24) is 0 Å². The van der Waals surface area contributed by atoms with Gasteiger partial charge < -0.3 is 0 Å². The van der Waals surface area contributed by atoms with Crippen LogP contribution in [0.25, 0.3) is 0 Å². The highest BCUT2D eigenvalue weighted by Gasteiger charge is 2.07. The number of amidine groups is 2. The molecular weight excluding hydrogens is 128 g/mol. The first-order valence-corrected chi connectivity index (χ1v) is 3.03. The summed E-state index contributed by atoms with van der Waals surface area (Å²) < 4.78 is 0. The highest BCUT2D eigenvalue weighted by molar-refractivity contribution is 6.50. The minimum atomic E-state index is -0.0581. The standard InChI is InChI=1S/C6H8N4/c1-2-4-3-9-5(7)6(8)10-4/h3,7-8H,2H2,1H3. The largest absolute Gasteiger partial charge is 0.280 e. The fraction of sp³-hybridized carbons (Fsp3) is 0.333. The quantitative estimate of drug-likeness (QED) is 0.537. The SMILES string of the molecule is CCC1=NC(=N)C(=N)N=C1. The molecule has 0 spiro atoms. The smallest absolute Gasteiger partial charge is 0.189 e. The van der Waals surface area contributed by atoms with Crippen LogP contribution < -0.4 is 0 Å². The molecule has 0 fully saturated rings. The summed E-state index contributed by atoms with van der Waals surface area (Å²) >= 11 is 0. The minimum Gasteiger partial charge on any atom is -0.280 e. The van der Waals surface area contributed by atoms with Crippen LogP contribution in [0.5, 0.6) is 0 Å². The van der Waals surface area contributed by atoms with Crippen LogP contribution in [0.3, 0.4) is 0 Å². The van der Waals surface area contributed by atoms with E-state index >= 15 is 0 Å². The van der Waals surface area contributed by atoms with Gasteiger partial charge in [-0.25, -0.2) is 9.98 Å². The van der Waals surface area contributed by atoms with Gasteiger partial charge in [0.15, 0.2) is 11.7 Å². The molecule has 10 heavy (non-hydrogen) atoms. The van der Waals surface area contributed by atoms with Crippen LogP contribution in [0.2, 0.25) is 0 Å². The van der Waals surface area contributed by atoms with Crippen molar-refractivity contribution in [2.45, 2.75) is 13.3 Å². The van der Waals surface area contributed by atoms with Gasteiger partial charge in [0, 0.05) is 0 Å². The lowest BCUT2D eigenvalue weighted by Gasteiger charge is -2.02. The molecule has 0 unspecified atom stereocenters. The van der Waals surface area contributed by atoms with Crippen LogP contribution in [0.15, 0.2) is 9.98 Å². The second-order valence-electron chi connectivity index (χ2n) is 1.91. The van der Waals surface area contributed by atoms with Crippen molar-refractivity contribution in [2.24, 2.45) is 9.98 Å². The Morgan fingerprint density at radius 1 is 1.40 bits per heavy atom. The van der Waals surface area contributed by atoms with Crippen molar-refractivity contribution in [3.05, 3.63) is 0 Å². The van der Waals surface area contributed by atoms with E-state index < -0.39 is 0 Å². The maximum Gasteiger partial charge on any atom is 0.189 e. The van der Waals surface area contributed by atoms with Crippen molar-refractivity contribution >= 4 is 23.6 Å². The molecule has 0 atom stereocenters. The molecule has 4 nitrogen and oxygen atoms in total. The van der Waals surface area contributed by atoms with E-state index in [9.17, 15) is 0 Å². The summed E-state index contributed by atoms with van der Waals surface area (Å²) in [4.78, 5) is 7.47. The molecular formula is C6H8N4. The molecule has 52 valence electrons. The summed E-state index contributed by atoms with van der Waals surface area (Å²) in [5.74, 6) is -0.100. The average Bonchev–Trinajstić information content (AvgIpc) is 1.95. The third kappa shape index (κ3) is 1.15. The minimum absolute atomic E-state index is 0.0423.